The molecule has 144 valence electrons. The fourth-order valence-corrected chi connectivity index (χ4v) is 3.00. The van der Waals surface area contributed by atoms with Gasteiger partial charge in [0, 0.05) is 19.3 Å². The molecule has 7 heteroatoms. The number of esters is 2. The summed E-state index contributed by atoms with van der Waals surface area (Å²) in [5, 5.41) is 17.9. The normalized spacial score (nSPS) is 30.8. The van der Waals surface area contributed by atoms with Gasteiger partial charge in [-0.1, -0.05) is 13.3 Å². The molecule has 2 N–H and O–H groups in total. The first-order valence-electron chi connectivity index (χ1n) is 9.14. The van der Waals surface area contributed by atoms with E-state index in [2.05, 4.69) is 0 Å². The van der Waals surface area contributed by atoms with Crippen molar-refractivity contribution in [1.29, 1.82) is 0 Å². The van der Waals surface area contributed by atoms with Crippen molar-refractivity contribution in [3.05, 3.63) is 0 Å². The van der Waals surface area contributed by atoms with Gasteiger partial charge in [-0.25, -0.2) is 4.79 Å². The van der Waals surface area contributed by atoms with Gasteiger partial charge in [-0.05, 0) is 33.1 Å². The van der Waals surface area contributed by atoms with Crippen LogP contribution in [-0.2, 0) is 23.8 Å². The lowest BCUT2D eigenvalue weighted by Gasteiger charge is -2.25. The molecule has 0 bridgehead atoms. The Morgan fingerprint density at radius 1 is 1.28 bits per heavy atom. The van der Waals surface area contributed by atoms with E-state index in [1.165, 1.54) is 0 Å². The fraction of sp³-hybridized carbons (Fsp3) is 0.889. The lowest BCUT2D eigenvalue weighted by molar-refractivity contribution is -0.180. The molecule has 3 fully saturated rings. The molecule has 2 aliphatic heterocycles. The first-order valence-corrected chi connectivity index (χ1v) is 9.14. The molecular weight excluding hydrogens is 328 g/mol. The van der Waals surface area contributed by atoms with Gasteiger partial charge in [-0.15, -0.1) is 0 Å². The summed E-state index contributed by atoms with van der Waals surface area (Å²) < 4.78 is 15.7. The number of carbonyl (C=O) groups excluding carboxylic acids is 2. The second-order valence-electron chi connectivity index (χ2n) is 7.71. The minimum atomic E-state index is -1.32. The summed E-state index contributed by atoms with van der Waals surface area (Å²) in [6.45, 7) is 6.04. The quantitative estimate of drug-likeness (QED) is 0.584. The molecule has 0 aromatic rings. The fourth-order valence-electron chi connectivity index (χ4n) is 3.00. The molecule has 0 aromatic heterocycles. The van der Waals surface area contributed by atoms with E-state index in [0.29, 0.717) is 32.3 Å². The van der Waals surface area contributed by atoms with Gasteiger partial charge >= 0.3 is 11.9 Å². The summed E-state index contributed by atoms with van der Waals surface area (Å²) in [6, 6.07) is 0. The van der Waals surface area contributed by atoms with Crippen LogP contribution in [0.2, 0.25) is 0 Å². The van der Waals surface area contributed by atoms with Gasteiger partial charge in [-0.3, -0.25) is 4.79 Å². The molecule has 3 rings (SSSR count). The molecule has 1 saturated carbocycles. The van der Waals surface area contributed by atoms with Crippen LogP contribution in [0.4, 0.5) is 0 Å². The largest absolute Gasteiger partial charge is 0.457 e. The van der Waals surface area contributed by atoms with Crippen LogP contribution in [0.5, 0.6) is 0 Å². The second-order valence-corrected chi connectivity index (χ2v) is 7.71. The molecule has 3 atom stereocenters. The molecule has 0 amide bonds. The van der Waals surface area contributed by atoms with Crippen LogP contribution in [0.1, 0.15) is 65.7 Å². The van der Waals surface area contributed by atoms with Crippen molar-refractivity contribution < 1.29 is 34.0 Å². The number of rotatable bonds is 3. The van der Waals surface area contributed by atoms with E-state index in [1.54, 1.807) is 13.8 Å². The summed E-state index contributed by atoms with van der Waals surface area (Å²) in [4.78, 5) is 23.5. The zero-order chi connectivity index (χ0) is 18.7. The van der Waals surface area contributed by atoms with Crippen LogP contribution in [0.25, 0.3) is 0 Å². The molecule has 3 unspecified atom stereocenters. The first-order chi connectivity index (χ1) is 11.7. The number of hydrogen-bond donors (Lipinski definition) is 2. The number of fused-ring (bicyclic) bond motifs is 1. The van der Waals surface area contributed by atoms with Crippen molar-refractivity contribution >= 4 is 11.9 Å². The summed E-state index contributed by atoms with van der Waals surface area (Å²) in [7, 11) is 0. The molecule has 2 heterocycles. The molecule has 0 spiro atoms. The Balaban J connectivity index is 0.000000236. The Bertz CT molecular complexity index is 478. The molecule has 0 aromatic carbocycles. The minimum Gasteiger partial charge on any atom is -0.457 e. The van der Waals surface area contributed by atoms with Crippen LogP contribution in [0, 0.1) is 5.41 Å². The predicted molar refractivity (Wildman–Crippen MR) is 88.4 cm³/mol. The Labute approximate surface area is 148 Å². The van der Waals surface area contributed by atoms with E-state index in [9.17, 15) is 9.59 Å². The van der Waals surface area contributed by atoms with Crippen molar-refractivity contribution in [3.63, 3.8) is 0 Å². The standard InChI is InChI=1S/C12H18O5.C6H12O2/c1-4-12(2,3)11(14)17-9-8-7(5-6-15-8)16-10(9)13;7-6(8)4-2-1-3-5-6/h7-9H,4-6H2,1-3H3;7-8H,1-5H2. The maximum atomic E-state index is 11.9. The monoisotopic (exact) mass is 358 g/mol. The third kappa shape index (κ3) is 5.15. The van der Waals surface area contributed by atoms with Crippen molar-refractivity contribution in [2.24, 2.45) is 5.41 Å². The van der Waals surface area contributed by atoms with Gasteiger partial charge in [0.1, 0.15) is 12.2 Å². The average molecular weight is 358 g/mol. The van der Waals surface area contributed by atoms with Gasteiger partial charge in [-0.2, -0.15) is 0 Å². The van der Waals surface area contributed by atoms with Crippen LogP contribution in [0.3, 0.4) is 0 Å². The van der Waals surface area contributed by atoms with Crippen molar-refractivity contribution in [1.82, 2.24) is 0 Å². The summed E-state index contributed by atoms with van der Waals surface area (Å²) >= 11 is 0. The highest BCUT2D eigenvalue weighted by atomic mass is 16.7. The molecule has 0 radical (unpaired) electrons. The molecule has 3 aliphatic rings. The van der Waals surface area contributed by atoms with E-state index in [4.69, 9.17) is 24.4 Å². The van der Waals surface area contributed by atoms with Gasteiger partial charge in [0.15, 0.2) is 5.79 Å². The van der Waals surface area contributed by atoms with E-state index < -0.39 is 29.4 Å². The molecule has 25 heavy (non-hydrogen) atoms. The highest BCUT2D eigenvalue weighted by Gasteiger charge is 2.51. The topological polar surface area (TPSA) is 102 Å². The molecule has 7 nitrogen and oxygen atoms in total. The lowest BCUT2D eigenvalue weighted by atomic mass is 9.90. The number of carbonyl (C=O) groups is 2. The summed E-state index contributed by atoms with van der Waals surface area (Å²) in [5.74, 6) is -2.18. The van der Waals surface area contributed by atoms with E-state index >= 15 is 0 Å². The van der Waals surface area contributed by atoms with Crippen molar-refractivity contribution in [2.75, 3.05) is 6.61 Å². The molecule has 1 aliphatic carbocycles. The number of aliphatic hydroxyl groups is 2. The third-order valence-corrected chi connectivity index (χ3v) is 5.20. The SMILES string of the molecule is CCC(C)(C)C(=O)OC1C(=O)OC2CCOC21.OC1(O)CCCCC1. The van der Waals surface area contributed by atoms with Crippen molar-refractivity contribution in [3.8, 4) is 0 Å². The zero-order valence-electron chi connectivity index (χ0n) is 15.3. The van der Waals surface area contributed by atoms with Gasteiger partial charge in [0.25, 0.3) is 0 Å². The molecular formula is C18H30O7. The maximum absolute atomic E-state index is 11.9. The van der Waals surface area contributed by atoms with E-state index in [0.717, 1.165) is 19.3 Å². The minimum absolute atomic E-state index is 0.245. The van der Waals surface area contributed by atoms with Crippen LogP contribution in [0.15, 0.2) is 0 Å². The van der Waals surface area contributed by atoms with Gasteiger partial charge in [0.05, 0.1) is 12.0 Å². The summed E-state index contributed by atoms with van der Waals surface area (Å²) in [5.41, 5.74) is -0.586. The van der Waals surface area contributed by atoms with E-state index in [-0.39, 0.29) is 12.1 Å². The smallest absolute Gasteiger partial charge is 0.350 e. The Kier molecular flexibility index (Phi) is 6.45. The maximum Gasteiger partial charge on any atom is 0.350 e. The van der Waals surface area contributed by atoms with Crippen molar-refractivity contribution in [2.45, 2.75) is 89.8 Å². The number of ether oxygens (including phenoxy) is 3. The van der Waals surface area contributed by atoms with E-state index in [1.807, 2.05) is 6.92 Å². The third-order valence-electron chi connectivity index (χ3n) is 5.20. The van der Waals surface area contributed by atoms with Crippen LogP contribution >= 0.6 is 0 Å². The first kappa shape index (κ1) is 20.1. The van der Waals surface area contributed by atoms with Crippen LogP contribution < -0.4 is 0 Å². The number of hydrogen-bond acceptors (Lipinski definition) is 7. The van der Waals surface area contributed by atoms with Gasteiger partial charge < -0.3 is 24.4 Å². The van der Waals surface area contributed by atoms with Gasteiger partial charge in [0.2, 0.25) is 6.10 Å². The Morgan fingerprint density at radius 2 is 1.92 bits per heavy atom. The Hall–Kier alpha value is -1.18. The van der Waals surface area contributed by atoms with Crippen LogP contribution in [-0.4, -0.2) is 52.9 Å². The zero-order valence-corrected chi connectivity index (χ0v) is 15.3. The highest BCUT2D eigenvalue weighted by Crippen LogP contribution is 2.31. The lowest BCUT2D eigenvalue weighted by Crippen LogP contribution is -2.38. The molecule has 2 saturated heterocycles. The summed E-state index contributed by atoms with van der Waals surface area (Å²) in [6.07, 6.45) is 4.00. The second kappa shape index (κ2) is 8.01. The Morgan fingerprint density at radius 3 is 2.44 bits per heavy atom. The highest BCUT2D eigenvalue weighted by molar-refractivity contribution is 5.84. The average Bonchev–Trinajstić information content (AvgIpc) is 3.10. The predicted octanol–water partition coefficient (Wildman–Crippen LogP) is 1.68.